The van der Waals surface area contributed by atoms with Crippen LogP contribution in [-0.2, 0) is 14.1 Å². The van der Waals surface area contributed by atoms with E-state index < -0.39 is 11.2 Å². The quantitative estimate of drug-likeness (QED) is 0.717. The van der Waals surface area contributed by atoms with E-state index in [4.69, 9.17) is 0 Å². The normalized spacial score (nSPS) is 20.2. The molecule has 2 aromatic rings. The Morgan fingerprint density at radius 2 is 1.65 bits per heavy atom. The first-order chi connectivity index (χ1) is 14.8. The van der Waals surface area contributed by atoms with Crippen molar-refractivity contribution in [3.63, 3.8) is 0 Å². The fourth-order valence-electron chi connectivity index (χ4n) is 4.53. The predicted octanol–water partition coefficient (Wildman–Crippen LogP) is 0.650. The van der Waals surface area contributed by atoms with Crippen molar-refractivity contribution in [3.05, 3.63) is 62.7 Å². The maximum Gasteiger partial charge on any atom is 0.331 e. The van der Waals surface area contributed by atoms with Crippen LogP contribution in [0.4, 0.5) is 10.1 Å². The summed E-state index contributed by atoms with van der Waals surface area (Å²) in [6.45, 7) is 4.63. The van der Waals surface area contributed by atoms with E-state index in [1.54, 1.807) is 17.0 Å². The number of benzene rings is 1. The van der Waals surface area contributed by atoms with Gasteiger partial charge < -0.3 is 9.80 Å². The molecule has 1 amide bonds. The molecular formula is C22H28FN5O3. The van der Waals surface area contributed by atoms with Crippen molar-refractivity contribution in [3.8, 4) is 0 Å². The number of carbonyl (C=O) groups is 1. The Hall–Kier alpha value is -2.94. The number of nitrogens with zero attached hydrogens (tertiary/aromatic N) is 5. The van der Waals surface area contributed by atoms with Crippen LogP contribution in [0.1, 0.15) is 23.3 Å². The number of carbonyl (C=O) groups excluding carboxylic acids is 1. The maximum absolute atomic E-state index is 13.2. The lowest BCUT2D eigenvalue weighted by Gasteiger charge is -2.44. The average Bonchev–Trinajstić information content (AvgIpc) is 2.80. The lowest BCUT2D eigenvalue weighted by molar-refractivity contribution is 0.0553. The van der Waals surface area contributed by atoms with E-state index in [-0.39, 0.29) is 23.5 Å². The molecule has 1 atom stereocenters. The van der Waals surface area contributed by atoms with Crippen LogP contribution in [0.2, 0.25) is 0 Å². The van der Waals surface area contributed by atoms with Gasteiger partial charge >= 0.3 is 5.69 Å². The van der Waals surface area contributed by atoms with Crippen molar-refractivity contribution in [2.24, 2.45) is 14.1 Å². The molecular weight excluding hydrogens is 401 g/mol. The first kappa shape index (κ1) is 21.3. The van der Waals surface area contributed by atoms with Crippen LogP contribution in [-0.4, -0.2) is 70.2 Å². The highest BCUT2D eigenvalue weighted by molar-refractivity contribution is 5.92. The molecule has 2 fully saturated rings. The van der Waals surface area contributed by atoms with Crippen molar-refractivity contribution in [1.29, 1.82) is 0 Å². The number of likely N-dealkylation sites (tertiary alicyclic amines) is 1. The molecule has 0 N–H and O–H groups in total. The monoisotopic (exact) mass is 429 g/mol. The molecule has 2 aliphatic heterocycles. The Morgan fingerprint density at radius 3 is 2.32 bits per heavy atom. The Labute approximate surface area is 180 Å². The number of halogens is 1. The minimum Gasteiger partial charge on any atom is -0.369 e. The third-order valence-corrected chi connectivity index (χ3v) is 6.45. The van der Waals surface area contributed by atoms with Crippen molar-refractivity contribution < 1.29 is 9.18 Å². The van der Waals surface area contributed by atoms with Gasteiger partial charge in [0.2, 0.25) is 0 Å². The minimum absolute atomic E-state index is 0.134. The molecule has 0 spiro atoms. The van der Waals surface area contributed by atoms with E-state index in [2.05, 4.69) is 9.80 Å². The zero-order valence-electron chi connectivity index (χ0n) is 18.0. The van der Waals surface area contributed by atoms with Crippen LogP contribution >= 0.6 is 0 Å². The van der Waals surface area contributed by atoms with E-state index >= 15 is 0 Å². The second kappa shape index (κ2) is 8.66. The highest BCUT2D eigenvalue weighted by Gasteiger charge is 2.31. The zero-order chi connectivity index (χ0) is 22.1. The molecule has 3 heterocycles. The Balaban J connectivity index is 1.41. The summed E-state index contributed by atoms with van der Waals surface area (Å²) in [5, 5.41) is 0. The van der Waals surface area contributed by atoms with Gasteiger partial charge in [-0.15, -0.1) is 0 Å². The summed E-state index contributed by atoms with van der Waals surface area (Å²) in [6.07, 6.45) is 1.89. The molecule has 0 radical (unpaired) electrons. The van der Waals surface area contributed by atoms with E-state index in [1.807, 2.05) is 0 Å². The predicted molar refractivity (Wildman–Crippen MR) is 116 cm³/mol. The largest absolute Gasteiger partial charge is 0.369 e. The smallest absolute Gasteiger partial charge is 0.331 e. The summed E-state index contributed by atoms with van der Waals surface area (Å²) >= 11 is 0. The molecule has 9 heteroatoms. The van der Waals surface area contributed by atoms with Crippen LogP contribution in [0, 0.1) is 5.82 Å². The number of hydrogen-bond acceptors (Lipinski definition) is 5. The fourth-order valence-corrected chi connectivity index (χ4v) is 4.53. The fraction of sp³-hybridized carbons (Fsp3) is 0.500. The van der Waals surface area contributed by atoms with Crippen molar-refractivity contribution in [2.75, 3.05) is 44.2 Å². The van der Waals surface area contributed by atoms with Gasteiger partial charge in [-0.2, -0.15) is 0 Å². The van der Waals surface area contributed by atoms with E-state index in [1.165, 1.54) is 36.9 Å². The van der Waals surface area contributed by atoms with Crippen molar-refractivity contribution in [2.45, 2.75) is 18.9 Å². The number of piperazine rings is 1. The van der Waals surface area contributed by atoms with E-state index in [0.717, 1.165) is 49.3 Å². The summed E-state index contributed by atoms with van der Waals surface area (Å²) < 4.78 is 15.4. The van der Waals surface area contributed by atoms with Gasteiger partial charge in [0.1, 0.15) is 11.5 Å². The molecule has 166 valence electrons. The maximum atomic E-state index is 13.2. The standard InChI is InChI=1S/C22H28FN5O3/c1-24-19(14-20(29)25(2)22(24)31)21(30)28-9-3-4-18(15-28)27-12-10-26(11-13-27)17-7-5-16(23)6-8-17/h5-8,14,18H,3-4,9-13,15H2,1-2H3. The van der Waals surface area contributed by atoms with Gasteiger partial charge in [-0.3, -0.25) is 23.6 Å². The van der Waals surface area contributed by atoms with Crippen LogP contribution in [0.5, 0.6) is 0 Å². The minimum atomic E-state index is -0.499. The first-order valence-corrected chi connectivity index (χ1v) is 10.7. The van der Waals surface area contributed by atoms with Gasteiger partial charge in [-0.1, -0.05) is 0 Å². The highest BCUT2D eigenvalue weighted by Crippen LogP contribution is 2.22. The third-order valence-electron chi connectivity index (χ3n) is 6.45. The molecule has 0 bridgehead atoms. The number of hydrogen-bond donors (Lipinski definition) is 0. The van der Waals surface area contributed by atoms with Crippen molar-refractivity contribution in [1.82, 2.24) is 18.9 Å². The molecule has 2 aliphatic rings. The van der Waals surface area contributed by atoms with E-state index in [0.29, 0.717) is 13.1 Å². The molecule has 1 aromatic heterocycles. The summed E-state index contributed by atoms with van der Waals surface area (Å²) in [6, 6.07) is 8.07. The zero-order valence-corrected chi connectivity index (χ0v) is 18.0. The van der Waals surface area contributed by atoms with E-state index in [9.17, 15) is 18.8 Å². The van der Waals surface area contributed by atoms with Crippen LogP contribution in [0.15, 0.2) is 39.9 Å². The van der Waals surface area contributed by atoms with Crippen LogP contribution in [0.25, 0.3) is 0 Å². The first-order valence-electron chi connectivity index (χ1n) is 10.7. The Bertz CT molecular complexity index is 1070. The number of amides is 1. The molecule has 1 unspecified atom stereocenters. The molecule has 8 nitrogen and oxygen atoms in total. The third kappa shape index (κ3) is 4.27. The SMILES string of the molecule is Cn1c(C(=O)N2CCCC(N3CCN(c4ccc(F)cc4)CC3)C2)cc(=O)n(C)c1=O. The Morgan fingerprint density at radius 1 is 0.968 bits per heavy atom. The second-order valence-electron chi connectivity index (χ2n) is 8.32. The summed E-state index contributed by atoms with van der Waals surface area (Å²) in [5.74, 6) is -0.505. The van der Waals surface area contributed by atoms with Crippen molar-refractivity contribution >= 4 is 11.6 Å². The summed E-state index contributed by atoms with van der Waals surface area (Å²) in [5.41, 5.74) is 0.182. The number of piperidine rings is 1. The summed E-state index contributed by atoms with van der Waals surface area (Å²) in [4.78, 5) is 43.7. The summed E-state index contributed by atoms with van der Waals surface area (Å²) in [7, 11) is 2.92. The van der Waals surface area contributed by atoms with Gasteiger partial charge in [-0.05, 0) is 37.1 Å². The van der Waals surface area contributed by atoms with Gasteiger partial charge in [0, 0.05) is 71.2 Å². The van der Waals surface area contributed by atoms with Gasteiger partial charge in [0.25, 0.3) is 11.5 Å². The van der Waals surface area contributed by atoms with Crippen LogP contribution < -0.4 is 16.1 Å². The number of anilines is 1. The molecule has 31 heavy (non-hydrogen) atoms. The second-order valence-corrected chi connectivity index (χ2v) is 8.32. The molecule has 1 aromatic carbocycles. The van der Waals surface area contributed by atoms with Gasteiger partial charge in [-0.25, -0.2) is 9.18 Å². The molecule has 2 saturated heterocycles. The molecule has 0 saturated carbocycles. The topological polar surface area (TPSA) is 70.8 Å². The number of aromatic nitrogens is 2. The molecule has 4 rings (SSSR count). The number of rotatable bonds is 3. The van der Waals surface area contributed by atoms with Gasteiger partial charge in [0.15, 0.2) is 0 Å². The Kier molecular flexibility index (Phi) is 5.95. The highest BCUT2D eigenvalue weighted by atomic mass is 19.1. The van der Waals surface area contributed by atoms with Gasteiger partial charge in [0.05, 0.1) is 0 Å². The average molecular weight is 429 g/mol. The molecule has 0 aliphatic carbocycles. The van der Waals surface area contributed by atoms with Crippen LogP contribution in [0.3, 0.4) is 0 Å². The lowest BCUT2D eigenvalue weighted by Crippen LogP contribution is -2.56. The lowest BCUT2D eigenvalue weighted by atomic mass is 10.0.